The zero-order valence-electron chi connectivity index (χ0n) is 17.5. The summed E-state index contributed by atoms with van der Waals surface area (Å²) in [5, 5.41) is 0.259. The first-order valence-corrected chi connectivity index (χ1v) is 12.1. The quantitative estimate of drug-likeness (QED) is 0.570. The summed E-state index contributed by atoms with van der Waals surface area (Å²) in [6, 6.07) is 0.486. The zero-order chi connectivity index (χ0) is 19.9. The van der Waals surface area contributed by atoms with Gasteiger partial charge in [-0.3, -0.25) is 4.90 Å². The number of sulfone groups is 1. The van der Waals surface area contributed by atoms with E-state index >= 15 is 0 Å². The number of aromatic nitrogens is 2. The Balaban J connectivity index is 2.15. The Morgan fingerprint density at radius 1 is 1.30 bits per heavy atom. The number of hydrogen-bond donors (Lipinski definition) is 0. The van der Waals surface area contributed by atoms with Gasteiger partial charge in [-0.2, -0.15) is 0 Å². The molecule has 1 saturated heterocycles. The van der Waals surface area contributed by atoms with Crippen molar-refractivity contribution in [3.05, 3.63) is 11.9 Å². The highest BCUT2D eigenvalue weighted by Gasteiger charge is 2.25. The van der Waals surface area contributed by atoms with E-state index in [1.165, 1.54) is 0 Å². The Labute approximate surface area is 165 Å². The average molecular weight is 400 g/mol. The second-order valence-corrected chi connectivity index (χ2v) is 10.2. The molecule has 0 aromatic carbocycles. The van der Waals surface area contributed by atoms with Crippen molar-refractivity contribution in [2.24, 2.45) is 5.92 Å². The van der Waals surface area contributed by atoms with Crippen LogP contribution in [0.3, 0.4) is 0 Å². The zero-order valence-corrected chi connectivity index (χ0v) is 18.3. The molecule has 6 nitrogen and oxygen atoms in total. The normalized spacial score (nSPS) is 16.5. The van der Waals surface area contributed by atoms with Gasteiger partial charge in [0.05, 0.1) is 17.6 Å². The molecule has 2 rings (SSSR count). The molecule has 1 aliphatic rings. The highest BCUT2D eigenvalue weighted by molar-refractivity contribution is 7.91. The molecule has 0 N–H and O–H groups in total. The summed E-state index contributed by atoms with van der Waals surface area (Å²) < 4.78 is 33.2. The minimum atomic E-state index is -3.34. The Hall–Kier alpha value is -0.920. The highest BCUT2D eigenvalue weighted by atomic mass is 32.2. The monoisotopic (exact) mass is 399 g/mol. The van der Waals surface area contributed by atoms with Gasteiger partial charge in [0.25, 0.3) is 0 Å². The number of unbranched alkanes of at least 4 members (excludes halogenated alkanes) is 1. The fourth-order valence-corrected chi connectivity index (χ4v) is 5.09. The second kappa shape index (κ2) is 10.6. The van der Waals surface area contributed by atoms with Gasteiger partial charge in [0.15, 0.2) is 0 Å². The van der Waals surface area contributed by atoms with Crippen LogP contribution in [0.25, 0.3) is 0 Å². The number of nitrogens with zero attached hydrogens (tertiary/aromatic N) is 3. The second-order valence-electron chi connectivity index (χ2n) is 8.15. The molecule has 0 saturated carbocycles. The van der Waals surface area contributed by atoms with Gasteiger partial charge in [0, 0.05) is 32.3 Å². The van der Waals surface area contributed by atoms with E-state index in [4.69, 9.17) is 4.74 Å². The average Bonchev–Trinajstić information content (AvgIpc) is 3.03. The Kier molecular flexibility index (Phi) is 8.76. The molecule has 0 spiro atoms. The van der Waals surface area contributed by atoms with Crippen LogP contribution in [0.1, 0.15) is 65.0 Å². The van der Waals surface area contributed by atoms with E-state index < -0.39 is 9.84 Å². The molecule has 0 atom stereocenters. The Morgan fingerprint density at radius 3 is 2.63 bits per heavy atom. The van der Waals surface area contributed by atoms with E-state index in [1.807, 2.05) is 4.57 Å². The van der Waals surface area contributed by atoms with Gasteiger partial charge in [0.1, 0.15) is 0 Å². The van der Waals surface area contributed by atoms with Crippen LogP contribution in [0.15, 0.2) is 11.4 Å². The molecule has 7 heteroatoms. The molecule has 1 aromatic heterocycles. The largest absolute Gasteiger partial charge is 0.381 e. The lowest BCUT2D eigenvalue weighted by Gasteiger charge is -2.31. The molecule has 0 aliphatic carbocycles. The smallest absolute Gasteiger partial charge is 0.227 e. The van der Waals surface area contributed by atoms with Crippen LogP contribution in [0.5, 0.6) is 0 Å². The third kappa shape index (κ3) is 6.57. The van der Waals surface area contributed by atoms with Crippen LogP contribution in [-0.2, 0) is 27.7 Å². The lowest BCUT2D eigenvalue weighted by molar-refractivity contribution is 0.0399. The highest BCUT2D eigenvalue weighted by Crippen LogP contribution is 2.20. The predicted octanol–water partition coefficient (Wildman–Crippen LogP) is 3.50. The molecule has 1 aliphatic heterocycles. The van der Waals surface area contributed by atoms with Crippen LogP contribution >= 0.6 is 0 Å². The van der Waals surface area contributed by atoms with Crippen LogP contribution in [0.2, 0.25) is 0 Å². The van der Waals surface area contributed by atoms with Gasteiger partial charge in [0.2, 0.25) is 15.0 Å². The Bertz CT molecular complexity index is 664. The summed E-state index contributed by atoms with van der Waals surface area (Å²) >= 11 is 0. The third-order valence-electron chi connectivity index (χ3n) is 5.34. The molecular formula is C20H37N3O3S. The van der Waals surface area contributed by atoms with E-state index in [2.05, 4.69) is 37.7 Å². The number of hydrogen-bond acceptors (Lipinski definition) is 5. The minimum Gasteiger partial charge on any atom is -0.381 e. The molecule has 2 heterocycles. The molecule has 1 fully saturated rings. The molecule has 0 amide bonds. The first-order chi connectivity index (χ1) is 12.8. The first kappa shape index (κ1) is 22.4. The molecule has 0 unspecified atom stereocenters. The van der Waals surface area contributed by atoms with Crippen molar-refractivity contribution in [2.45, 2.75) is 83.6 Å². The maximum Gasteiger partial charge on any atom is 0.227 e. The summed E-state index contributed by atoms with van der Waals surface area (Å²) in [6.07, 6.45) is 7.42. The van der Waals surface area contributed by atoms with Crippen molar-refractivity contribution in [3.8, 4) is 0 Å². The van der Waals surface area contributed by atoms with Crippen LogP contribution in [-0.4, -0.2) is 54.9 Å². The van der Waals surface area contributed by atoms with E-state index in [0.29, 0.717) is 24.9 Å². The van der Waals surface area contributed by atoms with Gasteiger partial charge in [-0.05, 0) is 45.1 Å². The van der Waals surface area contributed by atoms with Crippen molar-refractivity contribution in [1.29, 1.82) is 0 Å². The first-order valence-electron chi connectivity index (χ1n) is 10.4. The van der Waals surface area contributed by atoms with Gasteiger partial charge < -0.3 is 9.30 Å². The van der Waals surface area contributed by atoms with Crippen molar-refractivity contribution < 1.29 is 13.2 Å². The lowest BCUT2D eigenvalue weighted by atomic mass is 10.1. The maximum absolute atomic E-state index is 12.9. The summed E-state index contributed by atoms with van der Waals surface area (Å²) in [5.41, 5.74) is 1.000. The van der Waals surface area contributed by atoms with E-state index in [0.717, 1.165) is 57.6 Å². The van der Waals surface area contributed by atoms with E-state index in [-0.39, 0.29) is 10.9 Å². The molecule has 27 heavy (non-hydrogen) atoms. The fourth-order valence-electron chi connectivity index (χ4n) is 3.61. The molecule has 0 radical (unpaired) electrons. The van der Waals surface area contributed by atoms with Crippen molar-refractivity contribution in [3.63, 3.8) is 0 Å². The van der Waals surface area contributed by atoms with Gasteiger partial charge in [-0.25, -0.2) is 13.4 Å². The van der Waals surface area contributed by atoms with Crippen LogP contribution in [0, 0.1) is 5.92 Å². The molecular weight excluding hydrogens is 362 g/mol. The minimum absolute atomic E-state index is 0.184. The van der Waals surface area contributed by atoms with Gasteiger partial charge in [-0.1, -0.05) is 27.2 Å². The summed E-state index contributed by atoms with van der Waals surface area (Å²) in [6.45, 7) is 9.42. The number of ether oxygens (including phenoxy) is 1. The Morgan fingerprint density at radius 2 is 2.00 bits per heavy atom. The van der Waals surface area contributed by atoms with Crippen LogP contribution < -0.4 is 0 Å². The summed E-state index contributed by atoms with van der Waals surface area (Å²) in [4.78, 5) is 6.68. The van der Waals surface area contributed by atoms with Crippen molar-refractivity contribution in [2.75, 3.05) is 26.0 Å². The molecule has 1 aromatic rings. The van der Waals surface area contributed by atoms with E-state index in [1.54, 1.807) is 6.20 Å². The lowest BCUT2D eigenvalue weighted by Crippen LogP contribution is -2.36. The number of imidazole rings is 1. The van der Waals surface area contributed by atoms with E-state index in [9.17, 15) is 8.42 Å². The third-order valence-corrected chi connectivity index (χ3v) is 7.04. The van der Waals surface area contributed by atoms with Gasteiger partial charge >= 0.3 is 0 Å². The number of rotatable bonds is 11. The fraction of sp³-hybridized carbons (Fsp3) is 0.850. The van der Waals surface area contributed by atoms with Crippen molar-refractivity contribution in [1.82, 2.24) is 14.5 Å². The maximum atomic E-state index is 12.9. The van der Waals surface area contributed by atoms with Crippen molar-refractivity contribution >= 4 is 9.84 Å². The standard InChI is InChI=1S/C20H37N3O3S/c1-5-6-11-23-19(16-22(4)18-9-12-26-13-10-18)15-21-20(23)27(24,25)14-7-8-17(2)3/h15,17-18H,5-14,16H2,1-4H3. The summed E-state index contributed by atoms with van der Waals surface area (Å²) in [7, 11) is -1.23. The SMILES string of the molecule is CCCCn1c(CN(C)C2CCOCC2)cnc1S(=O)(=O)CCCC(C)C. The topological polar surface area (TPSA) is 64.4 Å². The molecule has 0 bridgehead atoms. The van der Waals surface area contributed by atoms with Gasteiger partial charge in [-0.15, -0.1) is 0 Å². The predicted molar refractivity (Wildman–Crippen MR) is 109 cm³/mol. The molecule has 156 valence electrons. The van der Waals surface area contributed by atoms with Crippen LogP contribution in [0.4, 0.5) is 0 Å². The summed E-state index contributed by atoms with van der Waals surface area (Å²) in [5.74, 6) is 0.701.